The molecule has 0 saturated heterocycles. The van der Waals surface area contributed by atoms with Crippen LogP contribution < -0.4 is 10.0 Å². The molecule has 0 unspecified atom stereocenters. The summed E-state index contributed by atoms with van der Waals surface area (Å²) in [5.41, 5.74) is 3.04. The Kier molecular flexibility index (Phi) is 6.12. The minimum absolute atomic E-state index is 0.00693. The van der Waals surface area contributed by atoms with Gasteiger partial charge in [-0.3, -0.25) is 4.79 Å². The smallest absolute Gasteiger partial charge is 0.242 e. The Bertz CT molecular complexity index is 1420. The molecule has 172 valence electrons. The predicted octanol–water partition coefficient (Wildman–Crippen LogP) is 4.33. The normalized spacial score (nSPS) is 19.2. The standard InChI is InChI=1S/C22H23N5O3S3/c1-13-5-10-16-18(11-13)31-22(24-16)25-21(28)15-8-6-14(7-9-15)12-23-33(29,30)19-4-2-3-17-20(19)27-32-26-17/h2-5,10-11,14-15,23H,6-9,12H2,1H3,(H,24,25,28). The van der Waals surface area contributed by atoms with Gasteiger partial charge in [0.2, 0.25) is 15.9 Å². The predicted molar refractivity (Wildman–Crippen MR) is 131 cm³/mol. The third-order valence-corrected chi connectivity index (χ3v) is 9.02. The molecule has 0 radical (unpaired) electrons. The molecule has 8 nitrogen and oxygen atoms in total. The zero-order valence-corrected chi connectivity index (χ0v) is 20.4. The first-order valence-electron chi connectivity index (χ1n) is 10.8. The Morgan fingerprint density at radius 3 is 2.73 bits per heavy atom. The number of benzene rings is 2. The van der Waals surface area contributed by atoms with Crippen molar-refractivity contribution in [1.82, 2.24) is 18.5 Å². The van der Waals surface area contributed by atoms with Crippen LogP contribution >= 0.6 is 23.1 Å². The number of hydrogen-bond acceptors (Lipinski definition) is 8. The second-order valence-corrected chi connectivity index (χ2v) is 11.7. The molecule has 2 heterocycles. The highest BCUT2D eigenvalue weighted by molar-refractivity contribution is 7.89. The molecule has 1 fully saturated rings. The number of aryl methyl sites for hydroxylation is 1. The molecule has 33 heavy (non-hydrogen) atoms. The van der Waals surface area contributed by atoms with Gasteiger partial charge in [0, 0.05) is 12.5 Å². The van der Waals surface area contributed by atoms with Gasteiger partial charge in [-0.2, -0.15) is 8.75 Å². The van der Waals surface area contributed by atoms with Crippen LogP contribution in [0.2, 0.25) is 0 Å². The Morgan fingerprint density at radius 1 is 1.09 bits per heavy atom. The van der Waals surface area contributed by atoms with Crippen LogP contribution in [0, 0.1) is 18.8 Å². The Morgan fingerprint density at radius 2 is 1.91 bits per heavy atom. The molecule has 1 aliphatic rings. The first-order valence-corrected chi connectivity index (χ1v) is 13.8. The number of thiazole rings is 1. The van der Waals surface area contributed by atoms with Crippen LogP contribution in [0.25, 0.3) is 21.3 Å². The second kappa shape index (κ2) is 9.05. The van der Waals surface area contributed by atoms with Crippen LogP contribution in [0.1, 0.15) is 31.2 Å². The van der Waals surface area contributed by atoms with Crippen molar-refractivity contribution >= 4 is 65.4 Å². The lowest BCUT2D eigenvalue weighted by atomic mass is 9.81. The summed E-state index contributed by atoms with van der Waals surface area (Å²) in [7, 11) is -3.67. The summed E-state index contributed by atoms with van der Waals surface area (Å²) in [4.78, 5) is 17.4. The van der Waals surface area contributed by atoms with Gasteiger partial charge in [0.15, 0.2) is 5.13 Å². The summed E-state index contributed by atoms with van der Waals surface area (Å²) < 4.78 is 37.7. The van der Waals surface area contributed by atoms with E-state index in [1.54, 1.807) is 18.2 Å². The highest BCUT2D eigenvalue weighted by Crippen LogP contribution is 2.32. The summed E-state index contributed by atoms with van der Waals surface area (Å²) in [6.07, 6.45) is 3.05. The highest BCUT2D eigenvalue weighted by Gasteiger charge is 2.28. The number of hydrogen-bond donors (Lipinski definition) is 2. The van der Waals surface area contributed by atoms with Crippen molar-refractivity contribution in [2.75, 3.05) is 11.9 Å². The summed E-state index contributed by atoms with van der Waals surface area (Å²) in [5.74, 6) is 0.107. The number of anilines is 1. The minimum Gasteiger partial charge on any atom is -0.302 e. The fourth-order valence-corrected chi connectivity index (χ4v) is 7.07. The van der Waals surface area contributed by atoms with E-state index in [0.29, 0.717) is 22.7 Å². The maximum atomic E-state index is 12.8. The number of carbonyl (C=O) groups excluding carboxylic acids is 1. The molecule has 0 atom stereocenters. The zero-order valence-electron chi connectivity index (χ0n) is 17.9. The molecule has 1 aliphatic carbocycles. The van der Waals surface area contributed by atoms with Crippen molar-refractivity contribution in [1.29, 1.82) is 0 Å². The fraction of sp³-hybridized carbons (Fsp3) is 0.364. The summed E-state index contributed by atoms with van der Waals surface area (Å²) >= 11 is 2.49. The van der Waals surface area contributed by atoms with E-state index in [1.807, 2.05) is 19.1 Å². The molecule has 2 aromatic heterocycles. The van der Waals surface area contributed by atoms with Gasteiger partial charge in [-0.05, 0) is 68.4 Å². The van der Waals surface area contributed by atoms with Crippen LogP contribution in [-0.2, 0) is 14.8 Å². The van der Waals surface area contributed by atoms with Gasteiger partial charge >= 0.3 is 0 Å². The number of nitrogens with one attached hydrogen (secondary N) is 2. The fourth-order valence-electron chi connectivity index (χ4n) is 4.23. The van der Waals surface area contributed by atoms with E-state index in [4.69, 9.17) is 0 Å². The number of amides is 1. The molecule has 1 saturated carbocycles. The van der Waals surface area contributed by atoms with Crippen LogP contribution in [-0.4, -0.2) is 34.6 Å². The number of fused-ring (bicyclic) bond motifs is 2. The van der Waals surface area contributed by atoms with Gasteiger partial charge in [-0.15, -0.1) is 0 Å². The lowest BCUT2D eigenvalue weighted by Crippen LogP contribution is -2.33. The van der Waals surface area contributed by atoms with E-state index in [0.717, 1.165) is 53.2 Å². The molecule has 4 aromatic rings. The van der Waals surface area contributed by atoms with E-state index in [1.165, 1.54) is 11.3 Å². The summed E-state index contributed by atoms with van der Waals surface area (Å²) in [6.45, 7) is 2.38. The van der Waals surface area contributed by atoms with Gasteiger partial charge < -0.3 is 5.32 Å². The number of nitrogens with zero attached hydrogens (tertiary/aromatic N) is 3. The van der Waals surface area contributed by atoms with E-state index in [9.17, 15) is 13.2 Å². The average molecular weight is 502 g/mol. The van der Waals surface area contributed by atoms with Crippen molar-refractivity contribution in [3.8, 4) is 0 Å². The highest BCUT2D eigenvalue weighted by atomic mass is 32.2. The monoisotopic (exact) mass is 501 g/mol. The average Bonchev–Trinajstić information content (AvgIpc) is 3.44. The lowest BCUT2D eigenvalue weighted by molar-refractivity contribution is -0.121. The molecule has 2 N–H and O–H groups in total. The van der Waals surface area contributed by atoms with E-state index < -0.39 is 10.0 Å². The van der Waals surface area contributed by atoms with Crippen molar-refractivity contribution in [2.45, 2.75) is 37.5 Å². The molecule has 2 aromatic carbocycles. The summed E-state index contributed by atoms with van der Waals surface area (Å²) in [5, 5.41) is 3.60. The van der Waals surface area contributed by atoms with Gasteiger partial charge in [0.1, 0.15) is 15.9 Å². The first-order chi connectivity index (χ1) is 15.9. The lowest BCUT2D eigenvalue weighted by Gasteiger charge is -2.27. The van der Waals surface area contributed by atoms with Gasteiger partial charge in [0.05, 0.1) is 21.9 Å². The van der Waals surface area contributed by atoms with Crippen molar-refractivity contribution in [2.24, 2.45) is 11.8 Å². The molecule has 0 aliphatic heterocycles. The number of carbonyl (C=O) groups is 1. The summed E-state index contributed by atoms with van der Waals surface area (Å²) in [6, 6.07) is 11.0. The Hall–Kier alpha value is -2.47. The maximum absolute atomic E-state index is 12.8. The molecule has 1 amide bonds. The number of aromatic nitrogens is 3. The van der Waals surface area contributed by atoms with Crippen LogP contribution in [0.5, 0.6) is 0 Å². The van der Waals surface area contributed by atoms with Crippen molar-refractivity contribution in [3.05, 3.63) is 42.0 Å². The van der Waals surface area contributed by atoms with Crippen molar-refractivity contribution in [3.63, 3.8) is 0 Å². The van der Waals surface area contributed by atoms with E-state index in [2.05, 4.69) is 29.8 Å². The largest absolute Gasteiger partial charge is 0.302 e. The van der Waals surface area contributed by atoms with E-state index in [-0.39, 0.29) is 22.6 Å². The van der Waals surface area contributed by atoms with Crippen LogP contribution in [0.4, 0.5) is 5.13 Å². The topological polar surface area (TPSA) is 114 Å². The van der Waals surface area contributed by atoms with Gasteiger partial charge in [-0.25, -0.2) is 18.1 Å². The first kappa shape index (κ1) is 22.3. The Labute approximate surface area is 199 Å². The number of rotatable bonds is 6. The van der Waals surface area contributed by atoms with Crippen molar-refractivity contribution < 1.29 is 13.2 Å². The maximum Gasteiger partial charge on any atom is 0.242 e. The quantitative estimate of drug-likeness (QED) is 0.406. The van der Waals surface area contributed by atoms with Crippen LogP contribution in [0.15, 0.2) is 41.3 Å². The minimum atomic E-state index is -3.67. The SMILES string of the molecule is Cc1ccc2nc(NC(=O)C3CCC(CNS(=O)(=O)c4cccc5nsnc45)CC3)sc2c1. The zero-order chi connectivity index (χ0) is 23.0. The third kappa shape index (κ3) is 4.77. The molecular weight excluding hydrogens is 478 g/mol. The molecule has 0 spiro atoms. The molecule has 5 rings (SSSR count). The van der Waals surface area contributed by atoms with Gasteiger partial charge in [0.25, 0.3) is 0 Å². The number of sulfonamides is 1. The molecular formula is C22H23N5O3S3. The Balaban J connectivity index is 1.15. The molecule has 11 heteroatoms. The molecule has 0 bridgehead atoms. The van der Waals surface area contributed by atoms with E-state index >= 15 is 0 Å². The van der Waals surface area contributed by atoms with Crippen LogP contribution in [0.3, 0.4) is 0 Å². The van der Waals surface area contributed by atoms with Gasteiger partial charge in [-0.1, -0.05) is 23.5 Å². The second-order valence-electron chi connectivity index (χ2n) is 8.44. The third-order valence-electron chi connectivity index (χ3n) is 6.09.